The maximum atomic E-state index is 12.2. The third-order valence-electron chi connectivity index (χ3n) is 5.97. The lowest BCUT2D eigenvalue weighted by Gasteiger charge is -2.36. The highest BCUT2D eigenvalue weighted by molar-refractivity contribution is 5.92. The molecule has 1 saturated carbocycles. The van der Waals surface area contributed by atoms with Gasteiger partial charge in [0.15, 0.2) is 11.5 Å². The quantitative estimate of drug-likeness (QED) is 0.318. The van der Waals surface area contributed by atoms with E-state index in [-0.39, 0.29) is 23.2 Å². The van der Waals surface area contributed by atoms with Crippen LogP contribution in [0.15, 0.2) is 55.1 Å². The lowest BCUT2D eigenvalue weighted by atomic mass is 9.75. The molecule has 0 spiro atoms. The van der Waals surface area contributed by atoms with Gasteiger partial charge in [-0.3, -0.25) is 4.79 Å². The molecule has 3 unspecified atom stereocenters. The van der Waals surface area contributed by atoms with Gasteiger partial charge in [-0.2, -0.15) is 0 Å². The number of aromatic hydroxyl groups is 2. The molecule has 2 aromatic carbocycles. The van der Waals surface area contributed by atoms with E-state index in [9.17, 15) is 15.0 Å². The molecule has 1 fully saturated rings. The van der Waals surface area contributed by atoms with Gasteiger partial charge in [0, 0.05) is 6.92 Å². The summed E-state index contributed by atoms with van der Waals surface area (Å²) in [5, 5.41) is 26.4. The molecule has 0 radical (unpaired) electrons. The predicted molar refractivity (Wildman–Crippen MR) is 141 cm³/mol. The summed E-state index contributed by atoms with van der Waals surface area (Å²) in [5.41, 5.74) is 1.34. The number of carboxylic acid groups (broad SMARTS) is 1. The number of carbonyl (C=O) groups is 2. The van der Waals surface area contributed by atoms with Crippen molar-refractivity contribution in [3.05, 3.63) is 66.2 Å². The van der Waals surface area contributed by atoms with Crippen molar-refractivity contribution in [2.75, 3.05) is 7.11 Å². The SMILES string of the molecule is C=CCc1ccc(O)c(OC)c1.CC(=O)O.CC1CCC(C(C)C)C(OC(=O)c2ccccc2O)C1. The number of phenolic OH excluding ortho intramolecular Hbond substituents is 2. The average Bonchev–Trinajstić information content (AvgIpc) is 2.80. The molecular weight excluding hydrogens is 460 g/mol. The first kappa shape index (κ1) is 30.6. The minimum Gasteiger partial charge on any atom is -0.507 e. The summed E-state index contributed by atoms with van der Waals surface area (Å²) in [7, 11) is 1.53. The number of aliphatic carboxylic acids is 1. The standard InChI is InChI=1S/C17H24O3.C10H12O2.C2H4O2/c1-11(2)13-9-8-12(3)10-16(13)20-17(19)14-6-4-5-7-15(14)18;1-3-4-8-5-6-9(11)10(7-8)12-2;1-2(3)4/h4-7,11-13,16,18H,8-10H2,1-3H3;3,5-7,11H,1,4H2,2H3;1H3,(H,3,4). The number of hydrogen-bond acceptors (Lipinski definition) is 6. The first-order valence-electron chi connectivity index (χ1n) is 12.1. The summed E-state index contributed by atoms with van der Waals surface area (Å²) in [6, 6.07) is 11.8. The highest BCUT2D eigenvalue weighted by Gasteiger charge is 2.33. The number of esters is 1. The minimum absolute atomic E-state index is 0.0116. The van der Waals surface area contributed by atoms with Gasteiger partial charge >= 0.3 is 5.97 Å². The molecule has 3 rings (SSSR count). The highest BCUT2D eigenvalue weighted by Crippen LogP contribution is 2.36. The maximum Gasteiger partial charge on any atom is 0.342 e. The number of carboxylic acids is 1. The Morgan fingerprint density at radius 3 is 2.31 bits per heavy atom. The van der Waals surface area contributed by atoms with Crippen LogP contribution in [0.25, 0.3) is 0 Å². The van der Waals surface area contributed by atoms with Crippen molar-refractivity contribution in [2.24, 2.45) is 17.8 Å². The van der Waals surface area contributed by atoms with Crippen molar-refractivity contribution in [3.63, 3.8) is 0 Å². The van der Waals surface area contributed by atoms with E-state index in [1.165, 1.54) is 19.6 Å². The number of carbonyl (C=O) groups excluding carboxylic acids is 1. The molecule has 1 aliphatic carbocycles. The van der Waals surface area contributed by atoms with Crippen LogP contribution in [0.5, 0.6) is 17.2 Å². The smallest absolute Gasteiger partial charge is 0.342 e. The Balaban J connectivity index is 0.000000343. The van der Waals surface area contributed by atoms with E-state index >= 15 is 0 Å². The lowest BCUT2D eigenvalue weighted by molar-refractivity contribution is -0.134. The van der Waals surface area contributed by atoms with E-state index in [4.69, 9.17) is 19.4 Å². The molecule has 1 aliphatic rings. The van der Waals surface area contributed by atoms with Crippen LogP contribution in [0.4, 0.5) is 0 Å². The number of allylic oxidation sites excluding steroid dienone is 1. The van der Waals surface area contributed by atoms with Crippen LogP contribution in [-0.2, 0) is 16.0 Å². The largest absolute Gasteiger partial charge is 0.507 e. The van der Waals surface area contributed by atoms with E-state index in [0.717, 1.165) is 31.7 Å². The van der Waals surface area contributed by atoms with Crippen molar-refractivity contribution in [1.29, 1.82) is 0 Å². The fourth-order valence-electron chi connectivity index (χ4n) is 4.11. The van der Waals surface area contributed by atoms with Gasteiger partial charge in [0.25, 0.3) is 5.97 Å². The van der Waals surface area contributed by atoms with Crippen molar-refractivity contribution in [1.82, 2.24) is 0 Å². The molecular formula is C29H40O7. The molecule has 3 atom stereocenters. The Morgan fingerprint density at radius 2 is 1.75 bits per heavy atom. The van der Waals surface area contributed by atoms with Gasteiger partial charge in [0.1, 0.15) is 17.4 Å². The van der Waals surface area contributed by atoms with Gasteiger partial charge in [-0.25, -0.2) is 4.79 Å². The summed E-state index contributed by atoms with van der Waals surface area (Å²) in [6.07, 6.45) is 5.79. The Bertz CT molecular complexity index is 979. The molecule has 7 nitrogen and oxygen atoms in total. The zero-order valence-electron chi connectivity index (χ0n) is 21.9. The molecule has 7 heteroatoms. The molecule has 0 amide bonds. The molecule has 0 aromatic heterocycles. The topological polar surface area (TPSA) is 113 Å². The third-order valence-corrected chi connectivity index (χ3v) is 5.97. The molecule has 0 bridgehead atoms. The second-order valence-electron chi connectivity index (χ2n) is 9.31. The van der Waals surface area contributed by atoms with Crippen LogP contribution in [0.2, 0.25) is 0 Å². The monoisotopic (exact) mass is 500 g/mol. The predicted octanol–water partition coefficient (Wildman–Crippen LogP) is 6.23. The number of rotatable bonds is 6. The lowest BCUT2D eigenvalue weighted by Crippen LogP contribution is -2.35. The summed E-state index contributed by atoms with van der Waals surface area (Å²) in [6.45, 7) is 11.3. The van der Waals surface area contributed by atoms with Crippen LogP contribution in [0.3, 0.4) is 0 Å². The zero-order chi connectivity index (χ0) is 27.3. The fraction of sp³-hybridized carbons (Fsp3) is 0.448. The van der Waals surface area contributed by atoms with Crippen molar-refractivity contribution in [3.8, 4) is 17.2 Å². The number of methoxy groups -OCH3 is 1. The summed E-state index contributed by atoms with van der Waals surface area (Å²) in [5.74, 6) is 0.938. The van der Waals surface area contributed by atoms with Crippen LogP contribution in [0.1, 0.15) is 62.9 Å². The Labute approximate surface area is 214 Å². The molecule has 3 N–H and O–H groups in total. The zero-order valence-corrected chi connectivity index (χ0v) is 21.9. The second-order valence-corrected chi connectivity index (χ2v) is 9.31. The number of phenols is 2. The van der Waals surface area contributed by atoms with Crippen molar-refractivity contribution >= 4 is 11.9 Å². The molecule has 2 aromatic rings. The van der Waals surface area contributed by atoms with Gasteiger partial charge in [-0.1, -0.05) is 51.5 Å². The molecule has 0 heterocycles. The Morgan fingerprint density at radius 1 is 1.11 bits per heavy atom. The van der Waals surface area contributed by atoms with Gasteiger partial charge in [0.05, 0.1) is 7.11 Å². The second kappa shape index (κ2) is 15.5. The molecule has 0 aliphatic heterocycles. The number of ether oxygens (including phenoxy) is 2. The maximum absolute atomic E-state index is 12.2. The van der Waals surface area contributed by atoms with E-state index < -0.39 is 11.9 Å². The van der Waals surface area contributed by atoms with Crippen molar-refractivity contribution in [2.45, 2.75) is 59.5 Å². The number of benzene rings is 2. The minimum atomic E-state index is -0.833. The van der Waals surface area contributed by atoms with Gasteiger partial charge < -0.3 is 24.8 Å². The van der Waals surface area contributed by atoms with Gasteiger partial charge in [-0.05, 0) is 66.8 Å². The van der Waals surface area contributed by atoms with E-state index in [1.54, 1.807) is 30.3 Å². The van der Waals surface area contributed by atoms with Crippen LogP contribution in [-0.4, -0.2) is 40.5 Å². The van der Waals surface area contributed by atoms with Crippen molar-refractivity contribution < 1.29 is 34.4 Å². The average molecular weight is 501 g/mol. The summed E-state index contributed by atoms with van der Waals surface area (Å²) < 4.78 is 10.7. The first-order valence-corrected chi connectivity index (χ1v) is 12.1. The van der Waals surface area contributed by atoms with E-state index in [2.05, 4.69) is 27.4 Å². The van der Waals surface area contributed by atoms with Crippen LogP contribution >= 0.6 is 0 Å². The van der Waals surface area contributed by atoms with Gasteiger partial charge in [0.2, 0.25) is 0 Å². The van der Waals surface area contributed by atoms with Gasteiger partial charge in [-0.15, -0.1) is 6.58 Å². The van der Waals surface area contributed by atoms with E-state index in [0.29, 0.717) is 23.5 Å². The molecule has 36 heavy (non-hydrogen) atoms. The van der Waals surface area contributed by atoms with Crippen LogP contribution in [0, 0.1) is 17.8 Å². The molecule has 0 saturated heterocycles. The normalized spacial score (nSPS) is 18.6. The number of para-hydroxylation sites is 1. The fourth-order valence-corrected chi connectivity index (χ4v) is 4.11. The first-order chi connectivity index (χ1) is 17.0. The van der Waals surface area contributed by atoms with Crippen LogP contribution < -0.4 is 4.74 Å². The Hall–Kier alpha value is -3.48. The summed E-state index contributed by atoms with van der Waals surface area (Å²) in [4.78, 5) is 21.2. The Kier molecular flexibility index (Phi) is 13.2. The highest BCUT2D eigenvalue weighted by atomic mass is 16.5. The summed E-state index contributed by atoms with van der Waals surface area (Å²) >= 11 is 0. The third kappa shape index (κ3) is 10.4. The van der Waals surface area contributed by atoms with E-state index in [1.807, 2.05) is 12.1 Å². The molecule has 198 valence electrons. The number of hydrogen-bond donors (Lipinski definition) is 3.